The van der Waals surface area contributed by atoms with E-state index in [4.69, 9.17) is 19.8 Å². The Bertz CT molecular complexity index is 1120. The summed E-state index contributed by atoms with van der Waals surface area (Å²) >= 11 is 0. The summed E-state index contributed by atoms with van der Waals surface area (Å²) < 4.78 is 63.5. The van der Waals surface area contributed by atoms with Crippen LogP contribution < -0.4 is 0 Å². The summed E-state index contributed by atoms with van der Waals surface area (Å²) in [4.78, 5) is 28.9. The fourth-order valence-electron chi connectivity index (χ4n) is 2.48. The second-order valence-corrected chi connectivity index (χ2v) is 7.10. The van der Waals surface area contributed by atoms with Gasteiger partial charge in [-0.2, -0.15) is 31.4 Å². The molecule has 0 bridgehead atoms. The highest BCUT2D eigenvalue weighted by molar-refractivity contribution is 5.75. The van der Waals surface area contributed by atoms with Gasteiger partial charge in [0.15, 0.2) is 5.65 Å². The SMILES string of the molecule is Cc1cc(CN(C)Cc2cc3cccnc3nc2C)n[nH]1.O=C(O)C(F)(F)F.O=C(O)C(F)(F)F. The molecular weight excluding hydrogens is 488 g/mol. The van der Waals surface area contributed by atoms with Crippen LogP contribution in [0.15, 0.2) is 30.5 Å². The van der Waals surface area contributed by atoms with Gasteiger partial charge in [-0.05, 0) is 50.7 Å². The van der Waals surface area contributed by atoms with Crippen molar-refractivity contribution >= 4 is 23.0 Å². The number of aryl methyl sites for hydroxylation is 2. The number of fused-ring (bicyclic) bond motifs is 1. The molecule has 0 radical (unpaired) electrons. The van der Waals surface area contributed by atoms with E-state index in [1.54, 1.807) is 6.20 Å². The number of carboxylic acid groups (broad SMARTS) is 2. The number of aromatic nitrogens is 4. The zero-order valence-electron chi connectivity index (χ0n) is 18.6. The van der Waals surface area contributed by atoms with Crippen LogP contribution in [0.4, 0.5) is 26.3 Å². The molecule has 0 saturated heterocycles. The van der Waals surface area contributed by atoms with Crippen LogP contribution >= 0.6 is 0 Å². The molecule has 0 amide bonds. The van der Waals surface area contributed by atoms with Gasteiger partial charge in [-0.3, -0.25) is 10.00 Å². The number of carboxylic acids is 2. The van der Waals surface area contributed by atoms with Gasteiger partial charge in [-0.15, -0.1) is 0 Å². The molecule has 3 aromatic rings. The van der Waals surface area contributed by atoms with E-state index in [0.29, 0.717) is 0 Å². The number of halogens is 6. The van der Waals surface area contributed by atoms with Gasteiger partial charge in [0.2, 0.25) is 0 Å². The molecule has 0 aliphatic heterocycles. The number of aliphatic carboxylic acids is 2. The molecule has 0 unspecified atom stereocenters. The average Bonchev–Trinajstić information content (AvgIpc) is 3.12. The number of hydrogen-bond acceptors (Lipinski definition) is 6. The van der Waals surface area contributed by atoms with E-state index in [-0.39, 0.29) is 0 Å². The third-order valence-electron chi connectivity index (χ3n) is 4.00. The lowest BCUT2D eigenvalue weighted by Gasteiger charge is -2.16. The van der Waals surface area contributed by atoms with Gasteiger partial charge in [0, 0.05) is 36.1 Å². The summed E-state index contributed by atoms with van der Waals surface area (Å²) in [6.07, 6.45) is -8.39. The van der Waals surface area contributed by atoms with E-state index in [2.05, 4.69) is 50.3 Å². The Morgan fingerprint density at radius 2 is 1.54 bits per heavy atom. The lowest BCUT2D eigenvalue weighted by Crippen LogP contribution is -2.21. The molecule has 3 aromatic heterocycles. The molecule has 3 N–H and O–H groups in total. The molecule has 3 heterocycles. The van der Waals surface area contributed by atoms with Crippen LogP contribution in [0.5, 0.6) is 0 Å². The molecule has 0 fully saturated rings. The zero-order chi connectivity index (χ0) is 27.0. The van der Waals surface area contributed by atoms with Crippen molar-refractivity contribution in [2.24, 2.45) is 0 Å². The highest BCUT2D eigenvalue weighted by Crippen LogP contribution is 2.17. The van der Waals surface area contributed by atoms with Crippen molar-refractivity contribution in [2.75, 3.05) is 7.05 Å². The first-order chi connectivity index (χ1) is 16.0. The number of aromatic amines is 1. The van der Waals surface area contributed by atoms with E-state index in [9.17, 15) is 26.3 Å². The molecule has 192 valence electrons. The maximum Gasteiger partial charge on any atom is 0.490 e. The number of carbonyl (C=O) groups is 2. The van der Waals surface area contributed by atoms with Crippen molar-refractivity contribution in [3.05, 3.63) is 53.1 Å². The quantitative estimate of drug-likeness (QED) is 0.452. The average molecular weight is 509 g/mol. The van der Waals surface area contributed by atoms with Crippen LogP contribution in [-0.4, -0.2) is 66.6 Å². The molecule has 0 atom stereocenters. The first-order valence-electron chi connectivity index (χ1n) is 9.51. The molecule has 9 nitrogen and oxygen atoms in total. The smallest absolute Gasteiger partial charge is 0.475 e. The van der Waals surface area contributed by atoms with Crippen LogP contribution in [0.2, 0.25) is 0 Å². The summed E-state index contributed by atoms with van der Waals surface area (Å²) in [7, 11) is 2.09. The summed E-state index contributed by atoms with van der Waals surface area (Å²) in [6, 6.07) is 8.25. The predicted octanol–water partition coefficient (Wildman–Crippen LogP) is 3.87. The summed E-state index contributed by atoms with van der Waals surface area (Å²) in [5, 5.41) is 22.6. The van der Waals surface area contributed by atoms with Crippen LogP contribution in [-0.2, 0) is 22.7 Å². The van der Waals surface area contributed by atoms with E-state index in [1.165, 1.54) is 5.56 Å². The highest BCUT2D eigenvalue weighted by Gasteiger charge is 2.38. The second kappa shape index (κ2) is 12.1. The van der Waals surface area contributed by atoms with Crippen molar-refractivity contribution in [1.29, 1.82) is 0 Å². The van der Waals surface area contributed by atoms with Crippen molar-refractivity contribution in [2.45, 2.75) is 39.3 Å². The normalized spacial score (nSPS) is 11.4. The first kappa shape index (κ1) is 29.3. The number of pyridine rings is 2. The lowest BCUT2D eigenvalue weighted by atomic mass is 10.1. The number of nitrogens with one attached hydrogen (secondary N) is 1. The molecule has 0 aliphatic carbocycles. The Kier molecular flexibility index (Phi) is 10.1. The van der Waals surface area contributed by atoms with Gasteiger partial charge in [-0.25, -0.2) is 19.6 Å². The van der Waals surface area contributed by atoms with Crippen LogP contribution in [0, 0.1) is 13.8 Å². The highest BCUT2D eigenvalue weighted by atomic mass is 19.4. The van der Waals surface area contributed by atoms with E-state index < -0.39 is 24.3 Å². The molecule has 0 spiro atoms. The monoisotopic (exact) mass is 509 g/mol. The topological polar surface area (TPSA) is 132 Å². The van der Waals surface area contributed by atoms with Crippen molar-refractivity contribution in [1.82, 2.24) is 25.1 Å². The van der Waals surface area contributed by atoms with Crippen LogP contribution in [0.3, 0.4) is 0 Å². The standard InChI is InChI=1S/C16H19N5.2C2HF3O2/c1-11-7-15(20-19-11)10-21(3)9-14-8-13-5-4-6-17-16(13)18-12(14)2;2*3-2(4,5)1(6)7/h4-8H,9-10H2,1-3H3,(H,19,20);2*(H,6,7). The fourth-order valence-corrected chi connectivity index (χ4v) is 2.48. The minimum absolute atomic E-state index is 0.810. The molecule has 15 heteroatoms. The molecule has 3 rings (SSSR count). The zero-order valence-corrected chi connectivity index (χ0v) is 18.6. The summed E-state index contributed by atoms with van der Waals surface area (Å²) in [5.41, 5.74) is 5.22. The largest absolute Gasteiger partial charge is 0.490 e. The number of rotatable bonds is 4. The minimum Gasteiger partial charge on any atom is -0.475 e. The van der Waals surface area contributed by atoms with Crippen LogP contribution in [0.25, 0.3) is 11.0 Å². The third-order valence-corrected chi connectivity index (χ3v) is 4.00. The number of H-pyrrole nitrogens is 1. The molecule has 0 aromatic carbocycles. The van der Waals surface area contributed by atoms with Gasteiger partial charge >= 0.3 is 24.3 Å². The predicted molar refractivity (Wildman–Crippen MR) is 110 cm³/mol. The second-order valence-electron chi connectivity index (χ2n) is 7.10. The van der Waals surface area contributed by atoms with Gasteiger partial charge in [0.25, 0.3) is 0 Å². The Morgan fingerprint density at radius 1 is 1.00 bits per heavy atom. The van der Waals surface area contributed by atoms with Gasteiger partial charge in [0.1, 0.15) is 0 Å². The Labute approximate surface area is 194 Å². The number of hydrogen-bond donors (Lipinski definition) is 3. The van der Waals surface area contributed by atoms with Gasteiger partial charge in [-0.1, -0.05) is 0 Å². The molecule has 0 saturated carbocycles. The first-order valence-corrected chi connectivity index (χ1v) is 9.51. The number of alkyl halides is 6. The Morgan fingerprint density at radius 3 is 2.00 bits per heavy atom. The van der Waals surface area contributed by atoms with E-state index in [1.807, 2.05) is 19.9 Å². The van der Waals surface area contributed by atoms with E-state index >= 15 is 0 Å². The third kappa shape index (κ3) is 10.4. The molecule has 35 heavy (non-hydrogen) atoms. The molecule has 0 aliphatic rings. The van der Waals surface area contributed by atoms with Crippen LogP contribution in [0.1, 0.15) is 22.6 Å². The van der Waals surface area contributed by atoms with E-state index in [0.717, 1.165) is 41.2 Å². The Hall–Kier alpha value is -3.75. The van der Waals surface area contributed by atoms with Gasteiger partial charge in [0.05, 0.1) is 5.69 Å². The van der Waals surface area contributed by atoms with Crippen molar-refractivity contribution in [3.8, 4) is 0 Å². The van der Waals surface area contributed by atoms with Crippen molar-refractivity contribution in [3.63, 3.8) is 0 Å². The molecular formula is C20H21F6N5O4. The Balaban J connectivity index is 0.000000362. The summed E-state index contributed by atoms with van der Waals surface area (Å²) in [5.74, 6) is -5.51. The van der Waals surface area contributed by atoms with Gasteiger partial charge < -0.3 is 10.2 Å². The lowest BCUT2D eigenvalue weighted by molar-refractivity contribution is -0.193. The minimum atomic E-state index is -5.08. The van der Waals surface area contributed by atoms with Crippen molar-refractivity contribution < 1.29 is 46.1 Å². The maximum atomic E-state index is 10.6. The number of nitrogens with zero attached hydrogens (tertiary/aromatic N) is 4. The fraction of sp³-hybridized carbons (Fsp3) is 0.350. The maximum absolute atomic E-state index is 10.6. The summed E-state index contributed by atoms with van der Waals surface area (Å²) in [6.45, 7) is 5.71.